The number of hydrogen-bond acceptors (Lipinski definition) is 5. The quantitative estimate of drug-likeness (QED) is 0.640. The Labute approximate surface area is 121 Å². The number of carbonyl (C=O) groups excluding carboxylic acids is 1. The number of piperidine rings is 1. The predicted octanol–water partition coefficient (Wildman–Crippen LogP) is 1.10. The summed E-state index contributed by atoms with van der Waals surface area (Å²) < 4.78 is 13.2. The molecule has 0 radical (unpaired) electrons. The molecule has 3 N–H and O–H groups in total. The van der Waals surface area contributed by atoms with Crippen molar-refractivity contribution in [2.75, 3.05) is 25.0 Å². The molecule has 2 rings (SSSR count). The van der Waals surface area contributed by atoms with E-state index in [-0.39, 0.29) is 24.0 Å². The van der Waals surface area contributed by atoms with Crippen LogP contribution in [0.25, 0.3) is 0 Å². The molecule has 7 nitrogen and oxygen atoms in total. The van der Waals surface area contributed by atoms with Gasteiger partial charge in [0.2, 0.25) is 5.91 Å². The predicted molar refractivity (Wildman–Crippen MR) is 75.3 cm³/mol. The van der Waals surface area contributed by atoms with E-state index in [4.69, 9.17) is 5.73 Å². The number of likely N-dealkylation sites (tertiary alicyclic amines) is 1. The molecule has 0 bridgehead atoms. The minimum Gasteiger partial charge on any atom is -0.328 e. The Morgan fingerprint density at radius 1 is 1.48 bits per heavy atom. The average Bonchev–Trinajstić information content (AvgIpc) is 2.41. The van der Waals surface area contributed by atoms with Crippen molar-refractivity contribution in [1.82, 2.24) is 4.90 Å². The van der Waals surface area contributed by atoms with Crippen LogP contribution in [0.3, 0.4) is 0 Å². The van der Waals surface area contributed by atoms with Gasteiger partial charge in [0.15, 0.2) is 0 Å². The highest BCUT2D eigenvalue weighted by molar-refractivity contribution is 5.94. The van der Waals surface area contributed by atoms with Crippen molar-refractivity contribution in [2.24, 2.45) is 5.73 Å². The Kier molecular flexibility index (Phi) is 4.81. The van der Waals surface area contributed by atoms with Crippen LogP contribution < -0.4 is 11.1 Å². The van der Waals surface area contributed by atoms with Gasteiger partial charge >= 0.3 is 0 Å². The molecule has 1 aromatic carbocycles. The normalized spacial score (nSPS) is 16.7. The lowest BCUT2D eigenvalue weighted by Gasteiger charge is -2.29. The van der Waals surface area contributed by atoms with Crippen molar-refractivity contribution in [3.8, 4) is 0 Å². The largest absolute Gasteiger partial charge is 0.328 e. The molecule has 21 heavy (non-hydrogen) atoms. The highest BCUT2D eigenvalue weighted by atomic mass is 19.1. The van der Waals surface area contributed by atoms with E-state index >= 15 is 0 Å². The summed E-state index contributed by atoms with van der Waals surface area (Å²) >= 11 is 0. The second-order valence-corrected chi connectivity index (χ2v) is 5.08. The standard InChI is InChI=1S/C13H17FN4O3/c14-9-1-2-12(18(20)21)11(7-9)16-13(19)8-17-5-3-10(15)4-6-17/h1-2,7,10H,3-6,8,15H2,(H,16,19). The lowest BCUT2D eigenvalue weighted by Crippen LogP contribution is -2.43. The van der Waals surface area contributed by atoms with Gasteiger partial charge in [0, 0.05) is 31.3 Å². The maximum Gasteiger partial charge on any atom is 0.292 e. The zero-order valence-electron chi connectivity index (χ0n) is 11.4. The molecule has 114 valence electrons. The van der Waals surface area contributed by atoms with Crippen LogP contribution in [0.15, 0.2) is 18.2 Å². The average molecular weight is 296 g/mol. The third-order valence-corrected chi connectivity index (χ3v) is 3.43. The molecule has 0 atom stereocenters. The van der Waals surface area contributed by atoms with E-state index in [2.05, 4.69) is 5.32 Å². The Balaban J connectivity index is 1.99. The number of hydrogen-bond donors (Lipinski definition) is 2. The number of rotatable bonds is 4. The fourth-order valence-electron chi connectivity index (χ4n) is 2.27. The molecule has 0 aliphatic carbocycles. The first-order valence-electron chi connectivity index (χ1n) is 6.67. The number of benzene rings is 1. The molecule has 0 spiro atoms. The summed E-state index contributed by atoms with van der Waals surface area (Å²) in [4.78, 5) is 24.0. The molecule has 0 saturated carbocycles. The lowest BCUT2D eigenvalue weighted by atomic mass is 10.1. The van der Waals surface area contributed by atoms with Crippen LogP contribution in [-0.2, 0) is 4.79 Å². The molecule has 1 saturated heterocycles. The van der Waals surface area contributed by atoms with Crippen LogP contribution in [0.5, 0.6) is 0 Å². The molecule has 1 fully saturated rings. The fraction of sp³-hybridized carbons (Fsp3) is 0.462. The maximum absolute atomic E-state index is 13.2. The summed E-state index contributed by atoms with van der Waals surface area (Å²) in [5, 5.41) is 13.2. The molecule has 1 aliphatic rings. The van der Waals surface area contributed by atoms with Crippen LogP contribution >= 0.6 is 0 Å². The van der Waals surface area contributed by atoms with Gasteiger partial charge in [0.1, 0.15) is 11.5 Å². The Hall–Kier alpha value is -2.06. The number of amides is 1. The summed E-state index contributed by atoms with van der Waals surface area (Å²) in [6.45, 7) is 1.53. The minimum absolute atomic E-state index is 0.111. The number of nitro groups is 1. The van der Waals surface area contributed by atoms with E-state index in [1.165, 1.54) is 0 Å². The van der Waals surface area contributed by atoms with Crippen LogP contribution in [0, 0.1) is 15.9 Å². The molecule has 1 heterocycles. The van der Waals surface area contributed by atoms with E-state index in [1.807, 2.05) is 4.90 Å². The molecule has 0 unspecified atom stereocenters. The maximum atomic E-state index is 13.2. The number of nitrogens with two attached hydrogens (primary N) is 1. The Bertz CT molecular complexity index is 544. The van der Waals surface area contributed by atoms with E-state index in [9.17, 15) is 19.3 Å². The van der Waals surface area contributed by atoms with Gasteiger partial charge in [-0.05, 0) is 18.9 Å². The van der Waals surface area contributed by atoms with Crippen molar-refractivity contribution in [3.05, 3.63) is 34.1 Å². The number of anilines is 1. The van der Waals surface area contributed by atoms with Crippen molar-refractivity contribution in [3.63, 3.8) is 0 Å². The fourth-order valence-corrected chi connectivity index (χ4v) is 2.27. The van der Waals surface area contributed by atoms with Gasteiger partial charge in [-0.1, -0.05) is 0 Å². The van der Waals surface area contributed by atoms with E-state index in [0.717, 1.165) is 31.0 Å². The molecule has 1 amide bonds. The molecule has 8 heteroatoms. The van der Waals surface area contributed by atoms with E-state index < -0.39 is 16.6 Å². The van der Waals surface area contributed by atoms with Crippen molar-refractivity contribution in [2.45, 2.75) is 18.9 Å². The van der Waals surface area contributed by atoms with Gasteiger partial charge in [-0.2, -0.15) is 0 Å². The van der Waals surface area contributed by atoms with E-state index in [0.29, 0.717) is 13.1 Å². The first-order chi connectivity index (χ1) is 9.95. The summed E-state index contributed by atoms with van der Waals surface area (Å²) in [6, 6.07) is 3.13. The van der Waals surface area contributed by atoms with Crippen molar-refractivity contribution < 1.29 is 14.1 Å². The summed E-state index contributed by atoms with van der Waals surface area (Å²) in [7, 11) is 0. The molecule has 1 aliphatic heterocycles. The molecule has 0 aromatic heterocycles. The number of carbonyl (C=O) groups is 1. The number of halogens is 1. The van der Waals surface area contributed by atoms with Crippen LogP contribution in [0.2, 0.25) is 0 Å². The Morgan fingerprint density at radius 2 is 2.14 bits per heavy atom. The molecular weight excluding hydrogens is 279 g/mol. The first kappa shape index (κ1) is 15.3. The van der Waals surface area contributed by atoms with Gasteiger partial charge in [0.05, 0.1) is 11.5 Å². The number of nitrogens with zero attached hydrogens (tertiary/aromatic N) is 2. The minimum atomic E-state index is -0.658. The van der Waals surface area contributed by atoms with Gasteiger partial charge in [-0.15, -0.1) is 0 Å². The second-order valence-electron chi connectivity index (χ2n) is 5.08. The number of nitro benzene ring substituents is 1. The van der Waals surface area contributed by atoms with Crippen LogP contribution in [0.4, 0.5) is 15.8 Å². The third-order valence-electron chi connectivity index (χ3n) is 3.43. The smallest absolute Gasteiger partial charge is 0.292 e. The van der Waals surface area contributed by atoms with Crippen molar-refractivity contribution in [1.29, 1.82) is 0 Å². The number of nitrogens with one attached hydrogen (secondary N) is 1. The van der Waals surface area contributed by atoms with Crippen LogP contribution in [-0.4, -0.2) is 41.4 Å². The molecule has 1 aromatic rings. The van der Waals surface area contributed by atoms with Gasteiger partial charge in [-0.3, -0.25) is 19.8 Å². The summed E-state index contributed by atoms with van der Waals surface area (Å²) in [6.07, 6.45) is 1.63. The zero-order valence-corrected chi connectivity index (χ0v) is 11.4. The highest BCUT2D eigenvalue weighted by Crippen LogP contribution is 2.24. The van der Waals surface area contributed by atoms with Crippen LogP contribution in [0.1, 0.15) is 12.8 Å². The second kappa shape index (κ2) is 6.59. The van der Waals surface area contributed by atoms with E-state index in [1.54, 1.807) is 0 Å². The molecular formula is C13H17FN4O3. The van der Waals surface area contributed by atoms with Gasteiger partial charge < -0.3 is 11.1 Å². The van der Waals surface area contributed by atoms with Gasteiger partial charge in [0.25, 0.3) is 5.69 Å². The monoisotopic (exact) mass is 296 g/mol. The topological polar surface area (TPSA) is 102 Å². The lowest BCUT2D eigenvalue weighted by molar-refractivity contribution is -0.384. The Morgan fingerprint density at radius 3 is 2.76 bits per heavy atom. The zero-order chi connectivity index (χ0) is 15.4. The first-order valence-corrected chi connectivity index (χ1v) is 6.67. The summed E-state index contributed by atoms with van der Waals surface area (Å²) in [5.41, 5.74) is 5.32. The SMILES string of the molecule is NC1CCN(CC(=O)Nc2cc(F)ccc2[N+](=O)[O-])CC1. The summed E-state index contributed by atoms with van der Waals surface area (Å²) in [5.74, 6) is -1.04. The highest BCUT2D eigenvalue weighted by Gasteiger charge is 2.20. The third kappa shape index (κ3) is 4.20. The van der Waals surface area contributed by atoms with Gasteiger partial charge in [-0.25, -0.2) is 4.39 Å². The van der Waals surface area contributed by atoms with Crippen molar-refractivity contribution >= 4 is 17.3 Å².